The minimum absolute atomic E-state index is 0.0648. The van der Waals surface area contributed by atoms with E-state index in [0.29, 0.717) is 40.3 Å². The number of aromatic amines is 1. The van der Waals surface area contributed by atoms with Crippen LogP contribution in [0.2, 0.25) is 0 Å². The van der Waals surface area contributed by atoms with Crippen LogP contribution in [0.5, 0.6) is 0 Å². The summed E-state index contributed by atoms with van der Waals surface area (Å²) in [6.07, 6.45) is 2.18. The fourth-order valence-electron chi connectivity index (χ4n) is 2.80. The Bertz CT molecular complexity index is 1220. The first-order valence-electron chi connectivity index (χ1n) is 9.41. The van der Waals surface area contributed by atoms with Crippen LogP contribution in [0.3, 0.4) is 0 Å². The third-order valence-electron chi connectivity index (χ3n) is 4.44. The van der Waals surface area contributed by atoms with Crippen LogP contribution in [0, 0.1) is 0 Å². The Balaban J connectivity index is 1.77. The number of aromatic nitrogens is 3. The molecule has 2 N–H and O–H groups in total. The number of aryl methyl sites for hydroxylation is 1. The van der Waals surface area contributed by atoms with Gasteiger partial charge in [-0.2, -0.15) is 12.7 Å². The molecule has 2 aromatic heterocycles. The maximum atomic E-state index is 13.0. The lowest BCUT2D eigenvalue weighted by molar-refractivity contribution is 0.0948. The molecule has 0 saturated carbocycles. The van der Waals surface area contributed by atoms with Crippen molar-refractivity contribution in [2.45, 2.75) is 22.9 Å². The predicted molar refractivity (Wildman–Crippen MR) is 128 cm³/mol. The van der Waals surface area contributed by atoms with Gasteiger partial charge >= 0.3 is 10.2 Å². The van der Waals surface area contributed by atoms with E-state index in [1.807, 2.05) is 0 Å². The van der Waals surface area contributed by atoms with Crippen molar-refractivity contribution < 1.29 is 17.4 Å². The maximum absolute atomic E-state index is 13.0. The van der Waals surface area contributed by atoms with Crippen LogP contribution in [0.4, 0.5) is 0 Å². The van der Waals surface area contributed by atoms with Gasteiger partial charge < -0.3 is 10.3 Å². The highest BCUT2D eigenvalue weighted by Gasteiger charge is 2.28. The topological polar surface area (TPSA) is 117 Å². The molecule has 0 aliphatic carbocycles. The molecule has 1 unspecified atom stereocenters. The number of amides is 1. The molecule has 1 aromatic carbocycles. The summed E-state index contributed by atoms with van der Waals surface area (Å²) in [6, 6.07) is 10.2. The predicted octanol–water partition coefficient (Wildman–Crippen LogP) is 2.92. The lowest BCUT2D eigenvalue weighted by atomic mass is 10.2. The molecule has 3 rings (SSSR count). The first kappa shape index (κ1) is 24.8. The Morgan fingerprint density at radius 2 is 1.94 bits per heavy atom. The van der Waals surface area contributed by atoms with E-state index in [1.54, 1.807) is 36.4 Å². The van der Waals surface area contributed by atoms with Crippen LogP contribution in [0.1, 0.15) is 22.6 Å². The van der Waals surface area contributed by atoms with Gasteiger partial charge in [-0.3, -0.25) is 4.79 Å². The molecule has 0 bridgehead atoms. The Morgan fingerprint density at radius 3 is 2.53 bits per heavy atom. The number of carbonyl (C=O) groups excluding carboxylic acids is 1. The lowest BCUT2D eigenvalue weighted by Crippen LogP contribution is -2.32. The van der Waals surface area contributed by atoms with Gasteiger partial charge in [0.2, 0.25) is 5.16 Å². The van der Waals surface area contributed by atoms with E-state index >= 15 is 0 Å². The van der Waals surface area contributed by atoms with Gasteiger partial charge in [0.05, 0.1) is 21.0 Å². The molecule has 2 heterocycles. The number of imidazole rings is 1. The van der Waals surface area contributed by atoms with Crippen molar-refractivity contribution in [3.05, 3.63) is 63.1 Å². The second kappa shape index (κ2) is 10.4. The zero-order valence-electron chi connectivity index (χ0n) is 17.2. The lowest BCUT2D eigenvalue weighted by Gasteiger charge is -2.17. The fraction of sp³-hybridized carbons (Fsp3) is 0.263. The number of hydrogen-bond acceptors (Lipinski definition) is 5. The second-order valence-corrected chi connectivity index (χ2v) is 11.9. The van der Waals surface area contributed by atoms with Crippen molar-refractivity contribution in [1.82, 2.24) is 23.6 Å². The smallest absolute Gasteiger partial charge is 0.309 e. The Labute approximate surface area is 205 Å². The highest BCUT2D eigenvalue weighted by molar-refractivity contribution is 9.13. The zero-order valence-corrected chi connectivity index (χ0v) is 22.0. The van der Waals surface area contributed by atoms with Gasteiger partial charge in [-0.15, -0.1) is 0 Å². The number of nitrogens with one attached hydrogen (secondary N) is 2. The van der Waals surface area contributed by atoms with Gasteiger partial charge in [0.25, 0.3) is 5.91 Å². The van der Waals surface area contributed by atoms with Crippen LogP contribution in [-0.2, 0) is 27.4 Å². The molecule has 9 nitrogen and oxygen atoms in total. The summed E-state index contributed by atoms with van der Waals surface area (Å²) < 4.78 is 42.4. The highest BCUT2D eigenvalue weighted by Crippen LogP contribution is 2.23. The zero-order chi connectivity index (χ0) is 23.5. The molecular weight excluding hydrogens is 586 g/mol. The number of H-pyrrole nitrogens is 1. The normalized spacial score (nSPS) is 12.8. The van der Waals surface area contributed by atoms with Crippen LogP contribution in [0.15, 0.2) is 61.7 Å². The molecular formula is C19H21Br2N5O4S2. The number of hydrogen-bond donors (Lipinski definition) is 2. The standard InChI is InChI=1S/C19H21Br2N5O4S2/c1-25(2)32(29,30)26-13(12-23-19(26)31(28)14-8-4-3-5-9-14)7-6-10-22-18(27)16-11-15(20)17(21)24-16/h3-5,8-9,11-12,24H,6-7,10H2,1-2H3,(H,22,27). The van der Waals surface area contributed by atoms with E-state index in [4.69, 9.17) is 0 Å². The van der Waals surface area contributed by atoms with Crippen LogP contribution in [0.25, 0.3) is 0 Å². The number of halogens is 2. The van der Waals surface area contributed by atoms with Gasteiger partial charge in [-0.25, -0.2) is 13.2 Å². The summed E-state index contributed by atoms with van der Waals surface area (Å²) in [5.74, 6) is -0.281. The molecule has 0 spiro atoms. The number of carbonyl (C=O) groups is 1. The van der Waals surface area contributed by atoms with Crippen molar-refractivity contribution in [3.63, 3.8) is 0 Å². The van der Waals surface area contributed by atoms with Gasteiger partial charge in [0, 0.05) is 25.5 Å². The maximum Gasteiger partial charge on any atom is 0.309 e. The average Bonchev–Trinajstić information content (AvgIpc) is 3.34. The molecule has 13 heteroatoms. The summed E-state index contributed by atoms with van der Waals surface area (Å²) in [5.41, 5.74) is 0.780. The molecule has 1 amide bonds. The van der Waals surface area contributed by atoms with Crippen molar-refractivity contribution in [2.24, 2.45) is 0 Å². The van der Waals surface area contributed by atoms with E-state index in [0.717, 1.165) is 12.8 Å². The van der Waals surface area contributed by atoms with Gasteiger partial charge in [-0.1, -0.05) is 18.2 Å². The van der Waals surface area contributed by atoms with Gasteiger partial charge in [-0.05, 0) is 62.9 Å². The molecule has 0 aliphatic heterocycles. The first-order chi connectivity index (χ1) is 15.1. The van der Waals surface area contributed by atoms with Crippen molar-refractivity contribution in [1.29, 1.82) is 0 Å². The van der Waals surface area contributed by atoms with Crippen LogP contribution >= 0.6 is 31.9 Å². The van der Waals surface area contributed by atoms with E-state index < -0.39 is 21.0 Å². The number of rotatable bonds is 9. The van der Waals surface area contributed by atoms with Crippen molar-refractivity contribution in [2.75, 3.05) is 20.6 Å². The first-order valence-corrected chi connectivity index (χ1v) is 13.5. The summed E-state index contributed by atoms with van der Waals surface area (Å²) in [4.78, 5) is 19.8. The van der Waals surface area contributed by atoms with E-state index in [2.05, 4.69) is 47.1 Å². The van der Waals surface area contributed by atoms with Crippen LogP contribution in [-0.4, -0.2) is 57.4 Å². The van der Waals surface area contributed by atoms with Gasteiger partial charge in [0.1, 0.15) is 16.5 Å². The third-order valence-corrected chi connectivity index (χ3v) is 9.45. The second-order valence-electron chi connectivity index (χ2n) is 6.87. The fourth-order valence-corrected chi connectivity index (χ4v) is 5.98. The molecule has 0 saturated heterocycles. The SMILES string of the molecule is CN(C)S(=O)(=O)n1c(CCCNC(=O)c2cc(Br)c(Br)[nH]2)cnc1S(=O)c1ccccc1. The molecule has 172 valence electrons. The monoisotopic (exact) mass is 605 g/mol. The number of benzene rings is 1. The Kier molecular flexibility index (Phi) is 8.09. The van der Waals surface area contributed by atoms with Crippen molar-refractivity contribution >= 4 is 58.8 Å². The minimum Gasteiger partial charge on any atom is -0.351 e. The third kappa shape index (κ3) is 5.39. The quantitative estimate of drug-likeness (QED) is 0.363. The Morgan fingerprint density at radius 1 is 1.25 bits per heavy atom. The minimum atomic E-state index is -3.95. The molecule has 32 heavy (non-hydrogen) atoms. The molecule has 0 fully saturated rings. The average molecular weight is 607 g/mol. The Hall–Kier alpha value is -1.80. The van der Waals surface area contributed by atoms with Crippen molar-refractivity contribution in [3.8, 4) is 0 Å². The summed E-state index contributed by atoms with van der Waals surface area (Å²) >= 11 is 6.60. The van der Waals surface area contributed by atoms with E-state index in [9.17, 15) is 17.4 Å². The van der Waals surface area contributed by atoms with Crippen LogP contribution < -0.4 is 5.32 Å². The molecule has 0 radical (unpaired) electrons. The van der Waals surface area contributed by atoms with E-state index in [1.165, 1.54) is 20.3 Å². The summed E-state index contributed by atoms with van der Waals surface area (Å²) in [6.45, 7) is 0.317. The highest BCUT2D eigenvalue weighted by atomic mass is 79.9. The summed E-state index contributed by atoms with van der Waals surface area (Å²) in [7, 11) is -2.92. The summed E-state index contributed by atoms with van der Waals surface area (Å²) in [5, 5.41) is 2.72. The van der Waals surface area contributed by atoms with Gasteiger partial charge in [0.15, 0.2) is 0 Å². The van der Waals surface area contributed by atoms with E-state index in [-0.39, 0.29) is 11.1 Å². The molecule has 1 atom stereocenters. The number of nitrogens with zero attached hydrogens (tertiary/aromatic N) is 3. The molecule has 0 aliphatic rings. The molecule has 3 aromatic rings. The largest absolute Gasteiger partial charge is 0.351 e.